The van der Waals surface area contributed by atoms with E-state index in [1.54, 1.807) is 29.2 Å². The fourth-order valence-electron chi connectivity index (χ4n) is 4.19. The first-order valence-electron chi connectivity index (χ1n) is 11.0. The molecule has 2 aromatic carbocycles. The second kappa shape index (κ2) is 10.4. The number of Topliss-reactive ketones (excluding diaryl/α,β-unsaturated/α-hetero) is 1. The zero-order valence-electron chi connectivity index (χ0n) is 17.6. The number of piperidine rings is 1. The minimum absolute atomic E-state index is 0.00917. The van der Waals surface area contributed by atoms with Crippen molar-refractivity contribution < 1.29 is 19.1 Å². The van der Waals surface area contributed by atoms with Crippen LogP contribution >= 0.6 is 11.6 Å². The molecule has 0 saturated carbocycles. The van der Waals surface area contributed by atoms with Gasteiger partial charge < -0.3 is 14.4 Å². The molecule has 5 nitrogen and oxygen atoms in total. The first-order chi connectivity index (χ1) is 15.1. The van der Waals surface area contributed by atoms with Gasteiger partial charge in [-0.2, -0.15) is 0 Å². The number of hydrogen-bond acceptors (Lipinski definition) is 4. The summed E-state index contributed by atoms with van der Waals surface area (Å²) in [5.41, 5.74) is 2.18. The molecular formula is C25H28ClNO4. The van der Waals surface area contributed by atoms with Gasteiger partial charge in [0.15, 0.2) is 12.1 Å². The lowest BCUT2D eigenvalue weighted by molar-refractivity contribution is -0.168. The van der Waals surface area contributed by atoms with Gasteiger partial charge in [-0.3, -0.25) is 9.59 Å². The van der Waals surface area contributed by atoms with Crippen LogP contribution in [0.25, 0.3) is 0 Å². The second-order valence-electron chi connectivity index (χ2n) is 8.19. The lowest BCUT2D eigenvalue weighted by Crippen LogP contribution is -2.48. The van der Waals surface area contributed by atoms with Crippen molar-refractivity contribution in [2.45, 2.75) is 57.5 Å². The number of carbonyl (C=O) groups is 2. The van der Waals surface area contributed by atoms with E-state index in [0.717, 1.165) is 44.3 Å². The van der Waals surface area contributed by atoms with Gasteiger partial charge in [-0.1, -0.05) is 35.9 Å². The molecule has 0 bridgehead atoms. The van der Waals surface area contributed by atoms with Crippen LogP contribution in [0.15, 0.2) is 48.5 Å². The average Bonchev–Trinajstić information content (AvgIpc) is 2.83. The van der Waals surface area contributed by atoms with E-state index in [0.29, 0.717) is 35.7 Å². The third kappa shape index (κ3) is 5.53. The van der Waals surface area contributed by atoms with Gasteiger partial charge in [0, 0.05) is 29.3 Å². The fourth-order valence-corrected chi connectivity index (χ4v) is 4.32. The topological polar surface area (TPSA) is 55.8 Å². The van der Waals surface area contributed by atoms with Gasteiger partial charge >= 0.3 is 0 Å². The molecule has 2 aliphatic rings. The number of nitrogens with zero attached hydrogens (tertiary/aromatic N) is 1. The Morgan fingerprint density at radius 1 is 0.935 bits per heavy atom. The number of amides is 1. The van der Waals surface area contributed by atoms with E-state index in [1.165, 1.54) is 0 Å². The van der Waals surface area contributed by atoms with Crippen LogP contribution in [-0.2, 0) is 16.1 Å². The summed E-state index contributed by atoms with van der Waals surface area (Å²) < 4.78 is 11.4. The Morgan fingerprint density at radius 2 is 1.65 bits per heavy atom. The molecule has 0 N–H and O–H groups in total. The van der Waals surface area contributed by atoms with Gasteiger partial charge in [-0.05, 0) is 68.4 Å². The molecule has 31 heavy (non-hydrogen) atoms. The zero-order chi connectivity index (χ0) is 21.6. The Labute approximate surface area is 188 Å². The van der Waals surface area contributed by atoms with Crippen LogP contribution in [-0.4, -0.2) is 42.1 Å². The molecule has 164 valence electrons. The number of hydrogen-bond donors (Lipinski definition) is 0. The molecule has 0 spiro atoms. The van der Waals surface area contributed by atoms with Gasteiger partial charge in [0.05, 0.1) is 12.6 Å². The SMILES string of the molecule is O=C(c1ccc(COC2CCCCO2)cc1)C1CCCCN1C(=O)c1ccc(Cl)cc1. The highest BCUT2D eigenvalue weighted by atomic mass is 35.5. The predicted molar refractivity (Wildman–Crippen MR) is 119 cm³/mol. The summed E-state index contributed by atoms with van der Waals surface area (Å²) in [6.45, 7) is 1.81. The summed E-state index contributed by atoms with van der Waals surface area (Å²) in [6.07, 6.45) is 5.54. The standard InChI is InChI=1S/C25H28ClNO4/c26-21-13-11-20(12-14-21)25(29)27-15-3-1-5-22(27)24(28)19-9-7-18(8-10-19)17-31-23-6-2-4-16-30-23/h7-14,22-23H,1-6,15-17H2. The molecule has 2 aliphatic heterocycles. The van der Waals surface area contributed by atoms with Crippen molar-refractivity contribution in [3.8, 4) is 0 Å². The molecule has 0 radical (unpaired) electrons. The smallest absolute Gasteiger partial charge is 0.254 e. The molecule has 2 fully saturated rings. The van der Waals surface area contributed by atoms with Gasteiger partial charge in [-0.15, -0.1) is 0 Å². The summed E-state index contributed by atoms with van der Waals surface area (Å²) >= 11 is 5.95. The molecular weight excluding hydrogens is 414 g/mol. The average molecular weight is 442 g/mol. The van der Waals surface area contributed by atoms with Gasteiger partial charge in [0.25, 0.3) is 5.91 Å². The van der Waals surface area contributed by atoms with E-state index in [1.807, 2.05) is 24.3 Å². The molecule has 2 unspecified atom stereocenters. The van der Waals surface area contributed by atoms with Crippen molar-refractivity contribution in [1.82, 2.24) is 4.90 Å². The summed E-state index contributed by atoms with van der Waals surface area (Å²) in [5, 5.41) is 0.585. The number of benzene rings is 2. The maximum atomic E-state index is 13.3. The summed E-state index contributed by atoms with van der Waals surface area (Å²) in [6, 6.07) is 13.9. The molecule has 2 heterocycles. The Bertz CT molecular complexity index is 891. The highest BCUT2D eigenvalue weighted by Gasteiger charge is 2.33. The van der Waals surface area contributed by atoms with Gasteiger partial charge in [-0.25, -0.2) is 0 Å². The molecule has 0 aromatic heterocycles. The maximum absolute atomic E-state index is 13.3. The molecule has 4 rings (SSSR count). The Balaban J connectivity index is 1.41. The first kappa shape index (κ1) is 22.0. The molecule has 2 atom stereocenters. The van der Waals surface area contributed by atoms with Crippen LogP contribution in [0.1, 0.15) is 64.8 Å². The minimum Gasteiger partial charge on any atom is -0.353 e. The normalized spacial score (nSPS) is 21.6. The van der Waals surface area contributed by atoms with Gasteiger partial charge in [0.1, 0.15) is 0 Å². The van der Waals surface area contributed by atoms with Crippen LogP contribution in [0, 0.1) is 0 Å². The number of carbonyl (C=O) groups excluding carboxylic acids is 2. The fraction of sp³-hybridized carbons (Fsp3) is 0.440. The zero-order valence-corrected chi connectivity index (χ0v) is 18.4. The van der Waals surface area contributed by atoms with Crippen LogP contribution in [0.3, 0.4) is 0 Å². The van der Waals surface area contributed by atoms with Gasteiger partial charge in [0.2, 0.25) is 0 Å². The number of ketones is 1. The quantitative estimate of drug-likeness (QED) is 0.573. The van der Waals surface area contributed by atoms with Crippen molar-refractivity contribution in [3.05, 3.63) is 70.2 Å². The highest BCUT2D eigenvalue weighted by Crippen LogP contribution is 2.24. The molecule has 1 amide bonds. The minimum atomic E-state index is -0.435. The van der Waals surface area contributed by atoms with E-state index in [2.05, 4.69) is 0 Å². The molecule has 6 heteroatoms. The van der Waals surface area contributed by atoms with Crippen molar-refractivity contribution in [2.24, 2.45) is 0 Å². The van der Waals surface area contributed by atoms with E-state index in [9.17, 15) is 9.59 Å². The predicted octanol–water partition coefficient (Wildman–Crippen LogP) is 5.26. The summed E-state index contributed by atoms with van der Waals surface area (Å²) in [7, 11) is 0. The Morgan fingerprint density at radius 3 is 2.35 bits per heavy atom. The second-order valence-corrected chi connectivity index (χ2v) is 8.62. The van der Waals surface area contributed by atoms with Crippen molar-refractivity contribution in [1.29, 1.82) is 0 Å². The maximum Gasteiger partial charge on any atom is 0.254 e. The number of rotatable bonds is 6. The van der Waals surface area contributed by atoms with Crippen LogP contribution in [0.2, 0.25) is 5.02 Å². The molecule has 0 aliphatic carbocycles. The Hall–Kier alpha value is -2.21. The first-order valence-corrected chi connectivity index (χ1v) is 11.4. The van der Waals surface area contributed by atoms with E-state index in [4.69, 9.17) is 21.1 Å². The van der Waals surface area contributed by atoms with Crippen molar-refractivity contribution in [3.63, 3.8) is 0 Å². The largest absolute Gasteiger partial charge is 0.353 e. The van der Waals surface area contributed by atoms with Crippen molar-refractivity contribution in [2.75, 3.05) is 13.2 Å². The molecule has 2 aromatic rings. The van der Waals surface area contributed by atoms with E-state index >= 15 is 0 Å². The lowest BCUT2D eigenvalue weighted by atomic mass is 9.93. The third-order valence-corrected chi connectivity index (χ3v) is 6.22. The summed E-state index contributed by atoms with van der Waals surface area (Å²) in [5.74, 6) is -0.127. The third-order valence-electron chi connectivity index (χ3n) is 5.97. The van der Waals surface area contributed by atoms with Crippen LogP contribution in [0.5, 0.6) is 0 Å². The highest BCUT2D eigenvalue weighted by molar-refractivity contribution is 6.30. The monoisotopic (exact) mass is 441 g/mol. The Kier molecular flexibility index (Phi) is 7.38. The lowest BCUT2D eigenvalue weighted by Gasteiger charge is -2.35. The van der Waals surface area contributed by atoms with Crippen LogP contribution < -0.4 is 0 Å². The van der Waals surface area contributed by atoms with Crippen LogP contribution in [0.4, 0.5) is 0 Å². The van der Waals surface area contributed by atoms with E-state index < -0.39 is 6.04 Å². The summed E-state index contributed by atoms with van der Waals surface area (Å²) in [4.78, 5) is 28.0. The van der Waals surface area contributed by atoms with Crippen molar-refractivity contribution >= 4 is 23.3 Å². The number of likely N-dealkylation sites (tertiary alicyclic amines) is 1. The molecule has 2 saturated heterocycles. The number of halogens is 1. The van der Waals surface area contributed by atoms with E-state index in [-0.39, 0.29) is 18.0 Å². The number of ether oxygens (including phenoxy) is 2.